The van der Waals surface area contributed by atoms with Crippen molar-refractivity contribution >= 4 is 11.7 Å². The summed E-state index contributed by atoms with van der Waals surface area (Å²) in [5, 5.41) is 0. The van der Waals surface area contributed by atoms with Gasteiger partial charge in [-0.25, -0.2) is 0 Å². The van der Waals surface area contributed by atoms with E-state index in [4.69, 9.17) is 4.74 Å². The van der Waals surface area contributed by atoms with Gasteiger partial charge in [0.1, 0.15) is 0 Å². The van der Waals surface area contributed by atoms with Crippen molar-refractivity contribution in [3.05, 3.63) is 24.5 Å². The van der Waals surface area contributed by atoms with E-state index in [1.165, 1.54) is 5.69 Å². The predicted molar refractivity (Wildman–Crippen MR) is 61.2 cm³/mol. The van der Waals surface area contributed by atoms with Crippen molar-refractivity contribution in [1.29, 1.82) is 0 Å². The average Bonchev–Trinajstić information content (AvgIpc) is 2.24. The highest BCUT2D eigenvalue weighted by molar-refractivity contribution is 5.70. The molecule has 0 unspecified atom stereocenters. The zero-order chi connectivity index (χ0) is 11.4. The molecule has 0 bridgehead atoms. The largest absolute Gasteiger partial charge is 0.466 e. The Hall–Kier alpha value is -1.58. The number of hydrogen-bond acceptors (Lipinski definition) is 4. The van der Waals surface area contributed by atoms with Crippen LogP contribution in [0.25, 0.3) is 0 Å². The van der Waals surface area contributed by atoms with E-state index >= 15 is 0 Å². The molecule has 1 fully saturated rings. The Kier molecular flexibility index (Phi) is 3.39. The molecule has 2 heterocycles. The van der Waals surface area contributed by atoms with Crippen LogP contribution in [0, 0.1) is 5.92 Å². The third kappa shape index (κ3) is 2.51. The highest BCUT2D eigenvalue weighted by atomic mass is 16.5. The van der Waals surface area contributed by atoms with Crippen molar-refractivity contribution in [3.8, 4) is 0 Å². The lowest BCUT2D eigenvalue weighted by molar-refractivity contribution is -0.144. The van der Waals surface area contributed by atoms with E-state index in [1.807, 2.05) is 19.1 Å². The second-order valence-electron chi connectivity index (χ2n) is 3.99. The van der Waals surface area contributed by atoms with Gasteiger partial charge in [-0.3, -0.25) is 9.78 Å². The SMILES string of the molecule is CCOC(=O)CC1CN(c2ccncc2)C1. The van der Waals surface area contributed by atoms with Crippen LogP contribution in [-0.4, -0.2) is 30.6 Å². The average molecular weight is 220 g/mol. The number of ether oxygens (including phenoxy) is 1. The number of pyridine rings is 1. The minimum atomic E-state index is -0.0816. The molecule has 0 saturated carbocycles. The fraction of sp³-hybridized carbons (Fsp3) is 0.500. The summed E-state index contributed by atoms with van der Waals surface area (Å²) >= 11 is 0. The van der Waals surface area contributed by atoms with Crippen LogP contribution in [0.4, 0.5) is 5.69 Å². The van der Waals surface area contributed by atoms with Gasteiger partial charge in [0.05, 0.1) is 13.0 Å². The van der Waals surface area contributed by atoms with E-state index < -0.39 is 0 Å². The molecule has 4 nitrogen and oxygen atoms in total. The van der Waals surface area contributed by atoms with Crippen molar-refractivity contribution < 1.29 is 9.53 Å². The Balaban J connectivity index is 1.76. The lowest BCUT2D eigenvalue weighted by atomic mass is 9.96. The third-order valence-electron chi connectivity index (χ3n) is 2.75. The molecule has 0 amide bonds. The number of carbonyl (C=O) groups is 1. The van der Waals surface area contributed by atoms with E-state index in [2.05, 4.69) is 9.88 Å². The summed E-state index contributed by atoms with van der Waals surface area (Å²) in [6.45, 7) is 4.17. The molecule has 86 valence electrons. The summed E-state index contributed by atoms with van der Waals surface area (Å²) < 4.78 is 4.92. The van der Waals surface area contributed by atoms with Gasteiger partial charge in [0.15, 0.2) is 0 Å². The standard InChI is InChI=1S/C12H16N2O2/c1-2-16-12(15)7-10-8-14(9-10)11-3-5-13-6-4-11/h3-6,10H,2,7-9H2,1H3. The van der Waals surface area contributed by atoms with Crippen molar-refractivity contribution in [3.63, 3.8) is 0 Å². The van der Waals surface area contributed by atoms with Gasteiger partial charge in [0.25, 0.3) is 0 Å². The number of carbonyl (C=O) groups excluding carboxylic acids is 1. The summed E-state index contributed by atoms with van der Waals surface area (Å²) in [6.07, 6.45) is 4.11. The molecule has 0 atom stereocenters. The van der Waals surface area contributed by atoms with Crippen molar-refractivity contribution in [2.45, 2.75) is 13.3 Å². The zero-order valence-electron chi connectivity index (χ0n) is 9.43. The number of hydrogen-bond donors (Lipinski definition) is 0. The fourth-order valence-electron chi connectivity index (χ4n) is 1.92. The Labute approximate surface area is 95.2 Å². The minimum absolute atomic E-state index is 0.0816. The zero-order valence-corrected chi connectivity index (χ0v) is 9.43. The van der Waals surface area contributed by atoms with Gasteiger partial charge >= 0.3 is 5.97 Å². The molecule has 1 aromatic rings. The molecule has 0 spiro atoms. The number of esters is 1. The second-order valence-corrected chi connectivity index (χ2v) is 3.99. The number of rotatable bonds is 4. The van der Waals surface area contributed by atoms with E-state index in [0.29, 0.717) is 18.9 Å². The maximum Gasteiger partial charge on any atom is 0.306 e. The topological polar surface area (TPSA) is 42.4 Å². The lowest BCUT2D eigenvalue weighted by Gasteiger charge is -2.40. The van der Waals surface area contributed by atoms with E-state index in [9.17, 15) is 4.79 Å². The smallest absolute Gasteiger partial charge is 0.306 e. The summed E-state index contributed by atoms with van der Waals surface area (Å²) in [6, 6.07) is 3.97. The van der Waals surface area contributed by atoms with Crippen molar-refractivity contribution in [2.75, 3.05) is 24.6 Å². The summed E-state index contributed by atoms with van der Waals surface area (Å²) in [5.74, 6) is 0.356. The van der Waals surface area contributed by atoms with Crippen LogP contribution in [0.1, 0.15) is 13.3 Å². The summed E-state index contributed by atoms with van der Waals surface area (Å²) in [7, 11) is 0. The van der Waals surface area contributed by atoms with E-state index in [1.54, 1.807) is 12.4 Å². The van der Waals surface area contributed by atoms with Crippen LogP contribution in [-0.2, 0) is 9.53 Å². The number of aromatic nitrogens is 1. The van der Waals surface area contributed by atoms with Gasteiger partial charge in [0.2, 0.25) is 0 Å². The Morgan fingerprint density at radius 3 is 2.81 bits per heavy atom. The van der Waals surface area contributed by atoms with Gasteiger partial charge in [-0.2, -0.15) is 0 Å². The van der Waals surface area contributed by atoms with Crippen LogP contribution in [0.3, 0.4) is 0 Å². The first-order chi connectivity index (χ1) is 7.79. The lowest BCUT2D eigenvalue weighted by Crippen LogP contribution is -2.47. The third-order valence-corrected chi connectivity index (χ3v) is 2.75. The molecule has 0 radical (unpaired) electrons. The second kappa shape index (κ2) is 4.96. The minimum Gasteiger partial charge on any atom is -0.466 e. The first-order valence-electron chi connectivity index (χ1n) is 5.60. The number of nitrogens with zero attached hydrogens (tertiary/aromatic N) is 2. The van der Waals surface area contributed by atoms with Crippen LogP contribution in [0.5, 0.6) is 0 Å². The highest BCUT2D eigenvalue weighted by Gasteiger charge is 2.29. The van der Waals surface area contributed by atoms with Crippen molar-refractivity contribution in [1.82, 2.24) is 4.98 Å². The van der Waals surface area contributed by atoms with Crippen LogP contribution < -0.4 is 4.90 Å². The van der Waals surface area contributed by atoms with Gasteiger partial charge in [0, 0.05) is 37.1 Å². The molecule has 1 saturated heterocycles. The van der Waals surface area contributed by atoms with Crippen LogP contribution in [0.2, 0.25) is 0 Å². The Bertz CT molecular complexity index is 347. The maximum absolute atomic E-state index is 11.2. The maximum atomic E-state index is 11.2. The van der Waals surface area contributed by atoms with Gasteiger partial charge in [-0.1, -0.05) is 0 Å². The molecule has 4 heteroatoms. The van der Waals surface area contributed by atoms with Gasteiger partial charge < -0.3 is 9.64 Å². The number of anilines is 1. The quantitative estimate of drug-likeness (QED) is 0.721. The molecule has 2 rings (SSSR count). The predicted octanol–water partition coefficient (Wildman–Crippen LogP) is 1.47. The Morgan fingerprint density at radius 2 is 2.19 bits per heavy atom. The molecular weight excluding hydrogens is 204 g/mol. The van der Waals surface area contributed by atoms with Crippen molar-refractivity contribution in [2.24, 2.45) is 5.92 Å². The molecule has 16 heavy (non-hydrogen) atoms. The first-order valence-corrected chi connectivity index (χ1v) is 5.60. The first kappa shape index (κ1) is 10.9. The van der Waals surface area contributed by atoms with Crippen LogP contribution >= 0.6 is 0 Å². The molecule has 0 N–H and O–H groups in total. The molecule has 1 aromatic heterocycles. The van der Waals surface area contributed by atoms with E-state index in [-0.39, 0.29) is 5.97 Å². The normalized spacial score (nSPS) is 15.7. The molecule has 0 aromatic carbocycles. The highest BCUT2D eigenvalue weighted by Crippen LogP contribution is 2.25. The van der Waals surface area contributed by atoms with Gasteiger partial charge in [-0.05, 0) is 19.1 Å². The summed E-state index contributed by atoms with van der Waals surface area (Å²) in [5.41, 5.74) is 1.18. The van der Waals surface area contributed by atoms with E-state index in [0.717, 1.165) is 13.1 Å². The van der Waals surface area contributed by atoms with Crippen LogP contribution in [0.15, 0.2) is 24.5 Å². The van der Waals surface area contributed by atoms with Gasteiger partial charge in [-0.15, -0.1) is 0 Å². The molecule has 0 aliphatic carbocycles. The molecule has 1 aliphatic heterocycles. The molecular formula is C12H16N2O2. The summed E-state index contributed by atoms with van der Waals surface area (Å²) in [4.78, 5) is 17.5. The molecule has 1 aliphatic rings. The monoisotopic (exact) mass is 220 g/mol. The Morgan fingerprint density at radius 1 is 1.50 bits per heavy atom. The fourth-order valence-corrected chi connectivity index (χ4v) is 1.92.